The first-order valence-electron chi connectivity index (χ1n) is 3.90. The van der Waals surface area contributed by atoms with Crippen LogP contribution in [0.15, 0.2) is 0 Å². The zero-order valence-corrected chi connectivity index (χ0v) is 7.83. The van der Waals surface area contributed by atoms with E-state index in [9.17, 15) is 0 Å². The molecule has 0 heterocycles. The van der Waals surface area contributed by atoms with E-state index in [-0.39, 0.29) is 18.2 Å². The summed E-state index contributed by atoms with van der Waals surface area (Å²) in [6, 6.07) is 0. The van der Waals surface area contributed by atoms with E-state index in [0.717, 1.165) is 0 Å². The van der Waals surface area contributed by atoms with Gasteiger partial charge in [-0.3, -0.25) is 4.90 Å². The summed E-state index contributed by atoms with van der Waals surface area (Å²) in [6.07, 6.45) is -0.342. The fourth-order valence-electron chi connectivity index (χ4n) is 0.764. The van der Waals surface area contributed by atoms with Gasteiger partial charge in [-0.2, -0.15) is 0 Å². The van der Waals surface area contributed by atoms with E-state index in [1.165, 1.54) is 0 Å². The number of hydrogen-bond donors (Lipinski definition) is 2. The van der Waals surface area contributed by atoms with Gasteiger partial charge in [0.05, 0.1) is 12.7 Å². The van der Waals surface area contributed by atoms with Crippen molar-refractivity contribution in [3.63, 3.8) is 0 Å². The van der Waals surface area contributed by atoms with Crippen LogP contribution < -0.4 is 0 Å². The molecule has 0 rings (SSSR count). The van der Waals surface area contributed by atoms with Crippen molar-refractivity contribution in [2.75, 3.05) is 20.2 Å². The molecule has 0 aliphatic carbocycles. The van der Waals surface area contributed by atoms with E-state index in [4.69, 9.17) is 10.2 Å². The molecule has 0 aliphatic rings. The Morgan fingerprint density at radius 3 is 2.18 bits per heavy atom. The smallest absolute Gasteiger partial charge is 0.0639 e. The van der Waals surface area contributed by atoms with Gasteiger partial charge in [-0.1, -0.05) is 0 Å². The minimum absolute atomic E-state index is 0.107. The van der Waals surface area contributed by atoms with Crippen molar-refractivity contribution in [1.29, 1.82) is 0 Å². The molecular weight excluding hydrogens is 142 g/mol. The fraction of sp³-hybridized carbons (Fsp3) is 1.00. The second-order valence-corrected chi connectivity index (χ2v) is 3.70. The fourth-order valence-corrected chi connectivity index (χ4v) is 0.764. The van der Waals surface area contributed by atoms with Gasteiger partial charge in [0.1, 0.15) is 0 Å². The topological polar surface area (TPSA) is 43.7 Å². The molecule has 11 heavy (non-hydrogen) atoms. The first-order chi connectivity index (χ1) is 4.90. The van der Waals surface area contributed by atoms with Gasteiger partial charge in [-0.25, -0.2) is 0 Å². The number of hydrogen-bond acceptors (Lipinski definition) is 3. The Kier molecular flexibility index (Phi) is 4.00. The van der Waals surface area contributed by atoms with E-state index in [0.29, 0.717) is 6.54 Å². The lowest BCUT2D eigenvalue weighted by molar-refractivity contribution is 0.0421. The standard InChI is InChI=1S/C8H19NO2/c1-7(11)5-9(4)8(2,3)6-10/h7,10-11H,5-6H2,1-4H3/t7-/m0/s1. The number of aliphatic hydroxyl groups is 2. The minimum atomic E-state index is -0.342. The van der Waals surface area contributed by atoms with Crippen LogP contribution in [0.2, 0.25) is 0 Å². The predicted octanol–water partition coefficient (Wildman–Crippen LogP) is 0.0699. The highest BCUT2D eigenvalue weighted by atomic mass is 16.3. The maximum absolute atomic E-state index is 9.06. The van der Waals surface area contributed by atoms with Crippen molar-refractivity contribution in [2.24, 2.45) is 0 Å². The lowest BCUT2D eigenvalue weighted by Crippen LogP contribution is -2.46. The van der Waals surface area contributed by atoms with E-state index in [1.54, 1.807) is 6.92 Å². The summed E-state index contributed by atoms with van der Waals surface area (Å²) in [4.78, 5) is 1.94. The Balaban J connectivity index is 3.90. The molecule has 0 aliphatic heterocycles. The molecule has 0 unspecified atom stereocenters. The highest BCUT2D eigenvalue weighted by Crippen LogP contribution is 2.10. The van der Waals surface area contributed by atoms with Gasteiger partial charge in [-0.15, -0.1) is 0 Å². The van der Waals surface area contributed by atoms with E-state index in [2.05, 4.69) is 0 Å². The zero-order valence-electron chi connectivity index (χ0n) is 7.83. The van der Waals surface area contributed by atoms with Gasteiger partial charge in [-0.05, 0) is 27.8 Å². The average molecular weight is 161 g/mol. The predicted molar refractivity (Wildman–Crippen MR) is 45.5 cm³/mol. The average Bonchev–Trinajstić information content (AvgIpc) is 1.86. The molecule has 0 aromatic carbocycles. The summed E-state index contributed by atoms with van der Waals surface area (Å²) in [7, 11) is 1.89. The van der Waals surface area contributed by atoms with E-state index in [1.807, 2.05) is 25.8 Å². The van der Waals surface area contributed by atoms with Crippen LogP contribution in [0.25, 0.3) is 0 Å². The summed E-state index contributed by atoms with van der Waals surface area (Å²) in [5.41, 5.74) is -0.239. The largest absolute Gasteiger partial charge is 0.394 e. The molecule has 2 N–H and O–H groups in total. The maximum atomic E-state index is 9.06. The molecule has 0 spiro atoms. The molecular formula is C8H19NO2. The summed E-state index contributed by atoms with van der Waals surface area (Å²) in [5.74, 6) is 0. The third-order valence-electron chi connectivity index (χ3n) is 1.96. The van der Waals surface area contributed by atoms with Crippen LogP contribution in [0, 0.1) is 0 Å². The molecule has 0 aromatic heterocycles. The Bertz CT molecular complexity index is 113. The van der Waals surface area contributed by atoms with Crippen LogP contribution in [0.3, 0.4) is 0 Å². The molecule has 68 valence electrons. The van der Waals surface area contributed by atoms with Crippen molar-refractivity contribution >= 4 is 0 Å². The van der Waals surface area contributed by atoms with Gasteiger partial charge in [0.15, 0.2) is 0 Å². The summed E-state index contributed by atoms with van der Waals surface area (Å²) in [5, 5.41) is 18.0. The number of rotatable bonds is 4. The molecule has 0 amide bonds. The van der Waals surface area contributed by atoms with Gasteiger partial charge < -0.3 is 10.2 Å². The van der Waals surface area contributed by atoms with E-state index < -0.39 is 0 Å². The van der Waals surface area contributed by atoms with Gasteiger partial charge in [0.25, 0.3) is 0 Å². The van der Waals surface area contributed by atoms with Crippen LogP contribution in [0.5, 0.6) is 0 Å². The lowest BCUT2D eigenvalue weighted by Gasteiger charge is -2.34. The van der Waals surface area contributed by atoms with Crippen molar-refractivity contribution in [2.45, 2.75) is 32.4 Å². The molecule has 0 radical (unpaired) electrons. The molecule has 0 aromatic rings. The van der Waals surface area contributed by atoms with Crippen LogP contribution >= 0.6 is 0 Å². The Labute approximate surface area is 68.6 Å². The molecule has 0 bridgehead atoms. The third kappa shape index (κ3) is 3.70. The SMILES string of the molecule is C[C@H](O)CN(C)C(C)(C)CO. The molecule has 3 heteroatoms. The maximum Gasteiger partial charge on any atom is 0.0639 e. The first-order valence-corrected chi connectivity index (χ1v) is 3.90. The van der Waals surface area contributed by atoms with E-state index >= 15 is 0 Å². The Hall–Kier alpha value is -0.120. The van der Waals surface area contributed by atoms with Crippen LogP contribution in [-0.2, 0) is 0 Å². The van der Waals surface area contributed by atoms with Gasteiger partial charge in [0, 0.05) is 12.1 Å². The number of nitrogens with zero attached hydrogens (tertiary/aromatic N) is 1. The summed E-state index contributed by atoms with van der Waals surface area (Å²) in [6.45, 7) is 6.32. The number of likely N-dealkylation sites (N-methyl/N-ethyl adjacent to an activating group) is 1. The van der Waals surface area contributed by atoms with Crippen LogP contribution in [0.4, 0.5) is 0 Å². The highest BCUT2D eigenvalue weighted by Gasteiger charge is 2.22. The minimum Gasteiger partial charge on any atom is -0.394 e. The third-order valence-corrected chi connectivity index (χ3v) is 1.96. The number of β-amino-alcohol motifs (C(OH)–C–C–N with tert-alkyl or cyclic N) is 1. The van der Waals surface area contributed by atoms with Crippen LogP contribution in [0.1, 0.15) is 20.8 Å². The van der Waals surface area contributed by atoms with Crippen molar-refractivity contribution in [1.82, 2.24) is 4.90 Å². The summed E-state index contributed by atoms with van der Waals surface area (Å²) >= 11 is 0. The van der Waals surface area contributed by atoms with Gasteiger partial charge >= 0.3 is 0 Å². The Morgan fingerprint density at radius 2 is 1.91 bits per heavy atom. The monoisotopic (exact) mass is 161 g/mol. The number of aliphatic hydroxyl groups excluding tert-OH is 2. The molecule has 1 atom stereocenters. The zero-order chi connectivity index (χ0) is 9.07. The van der Waals surface area contributed by atoms with Crippen LogP contribution in [-0.4, -0.2) is 47.0 Å². The Morgan fingerprint density at radius 1 is 1.45 bits per heavy atom. The lowest BCUT2D eigenvalue weighted by atomic mass is 10.1. The van der Waals surface area contributed by atoms with Crippen molar-refractivity contribution < 1.29 is 10.2 Å². The molecule has 0 saturated heterocycles. The summed E-state index contributed by atoms with van der Waals surface area (Å²) < 4.78 is 0. The molecule has 0 fully saturated rings. The first kappa shape index (κ1) is 10.9. The van der Waals surface area contributed by atoms with Gasteiger partial charge in [0.2, 0.25) is 0 Å². The quantitative estimate of drug-likeness (QED) is 0.613. The molecule has 3 nitrogen and oxygen atoms in total. The molecule has 0 saturated carbocycles. The van der Waals surface area contributed by atoms with Crippen molar-refractivity contribution in [3.8, 4) is 0 Å². The highest BCUT2D eigenvalue weighted by molar-refractivity contribution is 4.78. The second-order valence-electron chi connectivity index (χ2n) is 3.70. The van der Waals surface area contributed by atoms with Crippen molar-refractivity contribution in [3.05, 3.63) is 0 Å². The second kappa shape index (κ2) is 4.04. The normalized spacial score (nSPS) is 15.5.